The largest absolute Gasteiger partial charge is 0.368 e. The molecular formula is C15H19BrN2O2. The molecule has 1 aliphatic heterocycles. The molecule has 108 valence electrons. The molecule has 0 aromatic heterocycles. The van der Waals surface area contributed by atoms with Crippen LogP contribution in [0.5, 0.6) is 0 Å². The Bertz CT molecular complexity index is 545. The summed E-state index contributed by atoms with van der Waals surface area (Å²) >= 11 is 3.39. The summed E-state index contributed by atoms with van der Waals surface area (Å²) in [5, 5.41) is 0. The quantitative estimate of drug-likeness (QED) is 0.900. The molecule has 2 atom stereocenters. The molecule has 2 rings (SSSR count). The number of hydrogen-bond donors (Lipinski definition) is 1. The van der Waals surface area contributed by atoms with Crippen LogP contribution in [0.25, 0.3) is 0 Å². The summed E-state index contributed by atoms with van der Waals surface area (Å²) in [6.45, 7) is 4.57. The number of piperidine rings is 1. The molecule has 4 nitrogen and oxygen atoms in total. The van der Waals surface area contributed by atoms with Gasteiger partial charge < -0.3 is 10.6 Å². The highest BCUT2D eigenvalue weighted by atomic mass is 79.9. The van der Waals surface area contributed by atoms with Crippen LogP contribution in [-0.2, 0) is 4.79 Å². The van der Waals surface area contributed by atoms with E-state index >= 15 is 0 Å². The van der Waals surface area contributed by atoms with E-state index in [1.54, 1.807) is 11.0 Å². The first-order chi connectivity index (χ1) is 9.40. The van der Waals surface area contributed by atoms with Crippen LogP contribution >= 0.6 is 15.9 Å². The number of primary amides is 1. The Morgan fingerprint density at radius 1 is 1.40 bits per heavy atom. The van der Waals surface area contributed by atoms with Crippen molar-refractivity contribution in [1.29, 1.82) is 0 Å². The van der Waals surface area contributed by atoms with Crippen LogP contribution in [0, 0.1) is 12.8 Å². The second-order valence-electron chi connectivity index (χ2n) is 5.51. The molecule has 0 bridgehead atoms. The van der Waals surface area contributed by atoms with Crippen molar-refractivity contribution in [2.75, 3.05) is 6.54 Å². The SMILES string of the molecule is Cc1cc(Br)ccc1C(=O)N1CCC(C)CC1C(N)=O. The van der Waals surface area contributed by atoms with Gasteiger partial charge in [-0.05, 0) is 49.4 Å². The van der Waals surface area contributed by atoms with E-state index in [4.69, 9.17) is 5.73 Å². The molecular weight excluding hydrogens is 320 g/mol. The maximum atomic E-state index is 12.7. The number of rotatable bonds is 2. The van der Waals surface area contributed by atoms with E-state index in [9.17, 15) is 9.59 Å². The van der Waals surface area contributed by atoms with E-state index in [1.165, 1.54) is 0 Å². The van der Waals surface area contributed by atoms with Crippen LogP contribution in [0.1, 0.15) is 35.7 Å². The zero-order chi connectivity index (χ0) is 14.9. The molecule has 2 unspecified atom stereocenters. The molecule has 5 heteroatoms. The average Bonchev–Trinajstić information content (AvgIpc) is 2.37. The summed E-state index contributed by atoms with van der Waals surface area (Å²) < 4.78 is 0.935. The molecule has 2 N–H and O–H groups in total. The van der Waals surface area contributed by atoms with Gasteiger partial charge in [-0.2, -0.15) is 0 Å². The summed E-state index contributed by atoms with van der Waals surface area (Å²) in [6.07, 6.45) is 1.56. The minimum Gasteiger partial charge on any atom is -0.368 e. The highest BCUT2D eigenvalue weighted by Gasteiger charge is 2.34. The van der Waals surface area contributed by atoms with Gasteiger partial charge in [0.25, 0.3) is 5.91 Å². The third kappa shape index (κ3) is 3.03. The molecule has 20 heavy (non-hydrogen) atoms. The van der Waals surface area contributed by atoms with Crippen molar-refractivity contribution in [2.24, 2.45) is 11.7 Å². The molecule has 1 fully saturated rings. The molecule has 1 aromatic rings. The summed E-state index contributed by atoms with van der Waals surface area (Å²) in [4.78, 5) is 25.9. The Morgan fingerprint density at radius 2 is 2.10 bits per heavy atom. The van der Waals surface area contributed by atoms with Crippen LogP contribution < -0.4 is 5.73 Å². The van der Waals surface area contributed by atoms with E-state index in [2.05, 4.69) is 22.9 Å². The third-order valence-corrected chi connectivity index (χ3v) is 4.37. The van der Waals surface area contributed by atoms with Crippen molar-refractivity contribution in [3.63, 3.8) is 0 Å². The number of nitrogens with zero attached hydrogens (tertiary/aromatic N) is 1. The fourth-order valence-electron chi connectivity index (χ4n) is 2.68. The minimum absolute atomic E-state index is 0.106. The number of likely N-dealkylation sites (tertiary alicyclic amines) is 1. The Kier molecular flexibility index (Phi) is 4.48. The number of halogens is 1. The fraction of sp³-hybridized carbons (Fsp3) is 0.467. The fourth-order valence-corrected chi connectivity index (χ4v) is 3.15. The first-order valence-corrected chi connectivity index (χ1v) is 7.56. The lowest BCUT2D eigenvalue weighted by atomic mass is 9.91. The van der Waals surface area contributed by atoms with Crippen molar-refractivity contribution in [2.45, 2.75) is 32.7 Å². The lowest BCUT2D eigenvalue weighted by molar-refractivity contribution is -0.124. The molecule has 1 saturated heterocycles. The molecule has 1 heterocycles. The second-order valence-corrected chi connectivity index (χ2v) is 6.42. The Hall–Kier alpha value is -1.36. The topological polar surface area (TPSA) is 63.4 Å². The van der Waals surface area contributed by atoms with E-state index in [-0.39, 0.29) is 5.91 Å². The molecule has 1 aromatic carbocycles. The van der Waals surface area contributed by atoms with Gasteiger partial charge in [-0.1, -0.05) is 22.9 Å². The number of amides is 2. The highest BCUT2D eigenvalue weighted by molar-refractivity contribution is 9.10. The zero-order valence-electron chi connectivity index (χ0n) is 11.7. The first kappa shape index (κ1) is 15.0. The van der Waals surface area contributed by atoms with Gasteiger partial charge in [0.05, 0.1) is 0 Å². The number of benzene rings is 1. The average molecular weight is 339 g/mol. The van der Waals surface area contributed by atoms with Crippen LogP contribution in [0.15, 0.2) is 22.7 Å². The predicted octanol–water partition coefficient (Wildman–Crippen LogP) is 2.48. The van der Waals surface area contributed by atoms with Gasteiger partial charge in [0.1, 0.15) is 6.04 Å². The Balaban J connectivity index is 2.28. The molecule has 1 aliphatic rings. The maximum Gasteiger partial charge on any atom is 0.254 e. The summed E-state index contributed by atoms with van der Waals surface area (Å²) in [5.41, 5.74) is 6.99. The van der Waals surface area contributed by atoms with Gasteiger partial charge in [0, 0.05) is 16.6 Å². The molecule has 0 radical (unpaired) electrons. The number of nitrogens with two attached hydrogens (primary N) is 1. The number of carbonyl (C=O) groups is 2. The first-order valence-electron chi connectivity index (χ1n) is 6.76. The van der Waals surface area contributed by atoms with Gasteiger partial charge in [-0.15, -0.1) is 0 Å². The van der Waals surface area contributed by atoms with Gasteiger partial charge in [-0.25, -0.2) is 0 Å². The van der Waals surface area contributed by atoms with Crippen molar-refractivity contribution < 1.29 is 9.59 Å². The summed E-state index contributed by atoms with van der Waals surface area (Å²) in [7, 11) is 0. The lowest BCUT2D eigenvalue weighted by Crippen LogP contribution is -2.52. The maximum absolute atomic E-state index is 12.7. The normalized spacial score (nSPS) is 22.6. The van der Waals surface area contributed by atoms with Crippen molar-refractivity contribution in [1.82, 2.24) is 4.90 Å². The Labute approximate surface area is 127 Å². The van der Waals surface area contributed by atoms with Crippen LogP contribution in [0.4, 0.5) is 0 Å². The van der Waals surface area contributed by atoms with E-state index in [0.29, 0.717) is 24.4 Å². The van der Waals surface area contributed by atoms with Gasteiger partial charge in [0.2, 0.25) is 5.91 Å². The number of aryl methyl sites for hydroxylation is 1. The van der Waals surface area contributed by atoms with E-state index in [0.717, 1.165) is 16.5 Å². The van der Waals surface area contributed by atoms with E-state index in [1.807, 2.05) is 19.1 Å². The van der Waals surface area contributed by atoms with Gasteiger partial charge in [0.15, 0.2) is 0 Å². The molecule has 0 aliphatic carbocycles. The van der Waals surface area contributed by atoms with Crippen LogP contribution in [0.3, 0.4) is 0 Å². The third-order valence-electron chi connectivity index (χ3n) is 3.87. The monoisotopic (exact) mass is 338 g/mol. The highest BCUT2D eigenvalue weighted by Crippen LogP contribution is 2.25. The minimum atomic E-state index is -0.491. The lowest BCUT2D eigenvalue weighted by Gasteiger charge is -2.37. The van der Waals surface area contributed by atoms with Crippen molar-refractivity contribution >= 4 is 27.7 Å². The van der Waals surface area contributed by atoms with Gasteiger partial charge in [-0.3, -0.25) is 9.59 Å². The summed E-state index contributed by atoms with van der Waals surface area (Å²) in [6, 6.07) is 5.04. The van der Waals surface area contributed by atoms with E-state index < -0.39 is 11.9 Å². The number of hydrogen-bond acceptors (Lipinski definition) is 2. The smallest absolute Gasteiger partial charge is 0.254 e. The molecule has 0 saturated carbocycles. The van der Waals surface area contributed by atoms with Crippen molar-refractivity contribution in [3.8, 4) is 0 Å². The molecule has 2 amide bonds. The number of carbonyl (C=O) groups excluding carboxylic acids is 2. The zero-order valence-corrected chi connectivity index (χ0v) is 13.3. The van der Waals surface area contributed by atoms with Gasteiger partial charge >= 0.3 is 0 Å². The second kappa shape index (κ2) is 5.95. The summed E-state index contributed by atoms with van der Waals surface area (Å²) in [5.74, 6) is -0.104. The predicted molar refractivity (Wildman–Crippen MR) is 81.3 cm³/mol. The van der Waals surface area contributed by atoms with Crippen LogP contribution in [0.2, 0.25) is 0 Å². The van der Waals surface area contributed by atoms with Crippen molar-refractivity contribution in [3.05, 3.63) is 33.8 Å². The standard InChI is InChI=1S/C15H19BrN2O2/c1-9-5-6-18(13(7-9)14(17)19)15(20)12-4-3-11(16)8-10(12)2/h3-4,8-9,13H,5-7H2,1-2H3,(H2,17,19). The van der Waals surface area contributed by atoms with Crippen LogP contribution in [-0.4, -0.2) is 29.3 Å². The Morgan fingerprint density at radius 3 is 2.70 bits per heavy atom. The molecule has 0 spiro atoms.